The third-order valence-electron chi connectivity index (χ3n) is 6.68. The van der Waals surface area contributed by atoms with Crippen LogP contribution in [0.3, 0.4) is 0 Å². The van der Waals surface area contributed by atoms with Crippen molar-refractivity contribution in [3.05, 3.63) is 28.7 Å². The van der Waals surface area contributed by atoms with Gasteiger partial charge in [0.15, 0.2) is 5.58 Å². The fourth-order valence-corrected chi connectivity index (χ4v) is 6.19. The molecule has 2 aliphatic rings. The number of nitrogens with zero attached hydrogens (tertiary/aromatic N) is 2. The van der Waals surface area contributed by atoms with Crippen LogP contribution in [0.25, 0.3) is 11.1 Å². The maximum Gasteiger partial charge on any atom is 0.419 e. The van der Waals surface area contributed by atoms with Gasteiger partial charge in [-0.25, -0.2) is 13.2 Å². The van der Waals surface area contributed by atoms with Gasteiger partial charge in [0, 0.05) is 38.2 Å². The molecule has 1 saturated carbocycles. The Morgan fingerprint density at radius 2 is 1.68 bits per heavy atom. The number of nitrogens with one attached hydrogen (secondary N) is 1. The number of piperidine rings is 1. The molecule has 2 heterocycles. The highest BCUT2D eigenvalue weighted by Crippen LogP contribution is 2.26. The molecule has 0 radical (unpaired) electrons. The Hall–Kier alpha value is -2.13. The van der Waals surface area contributed by atoms with E-state index in [1.807, 2.05) is 0 Å². The first kappa shape index (κ1) is 22.1. The number of hydrogen-bond acceptors (Lipinski definition) is 5. The molecule has 2 fully saturated rings. The highest BCUT2D eigenvalue weighted by molar-refractivity contribution is 7.89. The van der Waals surface area contributed by atoms with Gasteiger partial charge in [-0.05, 0) is 37.8 Å². The van der Waals surface area contributed by atoms with E-state index < -0.39 is 15.8 Å². The number of hydrogen-bond donors (Lipinski definition) is 1. The summed E-state index contributed by atoms with van der Waals surface area (Å²) in [6, 6.07) is 4.74. The van der Waals surface area contributed by atoms with Crippen LogP contribution in [0.5, 0.6) is 0 Å². The second kappa shape index (κ2) is 9.16. The molecule has 1 saturated heterocycles. The van der Waals surface area contributed by atoms with Gasteiger partial charge in [-0.2, -0.15) is 4.31 Å². The molecule has 1 aromatic carbocycles. The Kier molecular flexibility index (Phi) is 6.52. The molecule has 1 aromatic heterocycles. The molecule has 1 aliphatic carbocycles. The summed E-state index contributed by atoms with van der Waals surface area (Å²) in [5.74, 6) is -0.609. The SMILES string of the molecule is Cn1c(=O)oc2cc(S(=O)(=O)N3CCC(C(=O)NC4CCCCCCC4)CC3)ccc21. The highest BCUT2D eigenvalue weighted by Gasteiger charge is 2.33. The molecule has 0 unspecified atom stereocenters. The van der Waals surface area contributed by atoms with E-state index in [4.69, 9.17) is 4.42 Å². The average Bonchev–Trinajstić information content (AvgIpc) is 3.03. The second-order valence-electron chi connectivity index (χ2n) is 8.79. The van der Waals surface area contributed by atoms with Crippen molar-refractivity contribution in [1.29, 1.82) is 0 Å². The summed E-state index contributed by atoms with van der Waals surface area (Å²) in [4.78, 5) is 24.5. The Morgan fingerprint density at radius 3 is 2.35 bits per heavy atom. The van der Waals surface area contributed by atoms with Crippen LogP contribution >= 0.6 is 0 Å². The van der Waals surface area contributed by atoms with Crippen molar-refractivity contribution in [2.45, 2.75) is 68.7 Å². The van der Waals surface area contributed by atoms with Gasteiger partial charge in [-0.3, -0.25) is 9.36 Å². The lowest BCUT2D eigenvalue weighted by Crippen LogP contribution is -2.45. The number of rotatable bonds is 4. The van der Waals surface area contributed by atoms with E-state index in [1.165, 1.54) is 40.3 Å². The standard InChI is InChI=1S/C22H31N3O5S/c1-24-19-10-9-18(15-20(19)30-22(24)27)31(28,29)25-13-11-16(12-14-25)21(26)23-17-7-5-3-2-4-6-8-17/h9-10,15-17H,2-8,11-14H2,1H3,(H,23,26). The predicted octanol–water partition coefficient (Wildman–Crippen LogP) is 2.76. The van der Waals surface area contributed by atoms with Crippen molar-refractivity contribution >= 4 is 27.0 Å². The quantitative estimate of drug-likeness (QED) is 0.773. The van der Waals surface area contributed by atoms with Crippen LogP contribution in [0.4, 0.5) is 0 Å². The van der Waals surface area contributed by atoms with Gasteiger partial charge in [0.05, 0.1) is 10.4 Å². The fourth-order valence-electron chi connectivity index (χ4n) is 4.70. The van der Waals surface area contributed by atoms with Crippen LogP contribution in [0.2, 0.25) is 0 Å². The number of sulfonamides is 1. The summed E-state index contributed by atoms with van der Waals surface area (Å²) in [6.45, 7) is 0.615. The molecule has 1 aliphatic heterocycles. The number of aryl methyl sites for hydroxylation is 1. The fraction of sp³-hybridized carbons (Fsp3) is 0.636. The second-order valence-corrected chi connectivity index (χ2v) is 10.7. The molecular weight excluding hydrogens is 418 g/mol. The molecule has 31 heavy (non-hydrogen) atoms. The molecule has 1 amide bonds. The summed E-state index contributed by atoms with van der Waals surface area (Å²) < 4.78 is 34.1. The number of carbonyl (C=O) groups excluding carboxylic acids is 1. The van der Waals surface area contributed by atoms with E-state index in [-0.39, 0.29) is 28.3 Å². The topological polar surface area (TPSA) is 102 Å². The maximum absolute atomic E-state index is 13.1. The maximum atomic E-state index is 13.1. The van der Waals surface area contributed by atoms with Crippen LogP contribution in [-0.4, -0.2) is 42.3 Å². The van der Waals surface area contributed by atoms with Crippen molar-refractivity contribution in [2.75, 3.05) is 13.1 Å². The lowest BCUT2D eigenvalue weighted by atomic mass is 9.94. The number of carbonyl (C=O) groups is 1. The molecule has 170 valence electrons. The zero-order chi connectivity index (χ0) is 22.0. The van der Waals surface area contributed by atoms with Crippen molar-refractivity contribution in [3.63, 3.8) is 0 Å². The molecular formula is C22H31N3O5S. The zero-order valence-corrected chi connectivity index (χ0v) is 18.8. The van der Waals surface area contributed by atoms with E-state index in [9.17, 15) is 18.0 Å². The van der Waals surface area contributed by atoms with Gasteiger partial charge in [0.2, 0.25) is 15.9 Å². The van der Waals surface area contributed by atoms with Crippen molar-refractivity contribution in [1.82, 2.24) is 14.2 Å². The number of benzene rings is 1. The molecule has 0 bridgehead atoms. The third-order valence-corrected chi connectivity index (χ3v) is 8.57. The molecule has 1 N–H and O–H groups in total. The van der Waals surface area contributed by atoms with Crippen LogP contribution in [0.1, 0.15) is 57.8 Å². The van der Waals surface area contributed by atoms with E-state index in [1.54, 1.807) is 13.1 Å². The number of fused-ring (bicyclic) bond motifs is 1. The van der Waals surface area contributed by atoms with E-state index in [0.29, 0.717) is 31.4 Å². The summed E-state index contributed by atoms with van der Waals surface area (Å²) in [6.07, 6.45) is 9.19. The summed E-state index contributed by atoms with van der Waals surface area (Å²) >= 11 is 0. The van der Waals surface area contributed by atoms with Gasteiger partial charge < -0.3 is 9.73 Å². The lowest BCUT2D eigenvalue weighted by molar-refractivity contribution is -0.127. The molecule has 9 heteroatoms. The van der Waals surface area contributed by atoms with Crippen LogP contribution in [0.15, 0.2) is 32.3 Å². The van der Waals surface area contributed by atoms with Gasteiger partial charge in [-0.15, -0.1) is 0 Å². The Morgan fingerprint density at radius 1 is 1.03 bits per heavy atom. The smallest absolute Gasteiger partial charge is 0.408 e. The highest BCUT2D eigenvalue weighted by atomic mass is 32.2. The lowest BCUT2D eigenvalue weighted by Gasteiger charge is -2.31. The van der Waals surface area contributed by atoms with Gasteiger partial charge >= 0.3 is 5.76 Å². The minimum absolute atomic E-state index is 0.0649. The van der Waals surface area contributed by atoms with Gasteiger partial charge in [0.1, 0.15) is 0 Å². The number of amides is 1. The van der Waals surface area contributed by atoms with Crippen molar-refractivity contribution in [3.8, 4) is 0 Å². The van der Waals surface area contributed by atoms with Gasteiger partial charge in [0.25, 0.3) is 0 Å². The molecule has 8 nitrogen and oxygen atoms in total. The first-order chi connectivity index (χ1) is 14.9. The summed E-state index contributed by atoms with van der Waals surface area (Å²) in [7, 11) is -2.13. The normalized spacial score (nSPS) is 20.4. The average molecular weight is 450 g/mol. The zero-order valence-electron chi connectivity index (χ0n) is 18.0. The summed E-state index contributed by atoms with van der Waals surface area (Å²) in [5, 5.41) is 3.22. The Balaban J connectivity index is 1.38. The minimum Gasteiger partial charge on any atom is -0.408 e. The van der Waals surface area contributed by atoms with Crippen LogP contribution < -0.4 is 11.1 Å². The van der Waals surface area contributed by atoms with Gasteiger partial charge in [-0.1, -0.05) is 32.1 Å². The largest absolute Gasteiger partial charge is 0.419 e. The number of oxazole rings is 1. The van der Waals surface area contributed by atoms with Crippen molar-refractivity contribution < 1.29 is 17.6 Å². The Labute approximate surface area is 182 Å². The predicted molar refractivity (Wildman–Crippen MR) is 117 cm³/mol. The Bertz CT molecular complexity index is 1090. The van der Waals surface area contributed by atoms with Crippen molar-refractivity contribution in [2.24, 2.45) is 13.0 Å². The first-order valence-corrected chi connectivity index (χ1v) is 12.7. The van der Waals surface area contributed by atoms with E-state index in [2.05, 4.69) is 5.32 Å². The minimum atomic E-state index is -3.71. The monoisotopic (exact) mass is 449 g/mol. The third kappa shape index (κ3) is 4.72. The first-order valence-electron chi connectivity index (χ1n) is 11.3. The number of aromatic nitrogens is 1. The van der Waals surface area contributed by atoms with Crippen LogP contribution in [-0.2, 0) is 21.9 Å². The molecule has 2 aromatic rings. The molecule has 4 rings (SSSR count). The van der Waals surface area contributed by atoms with Crippen LogP contribution in [0, 0.1) is 5.92 Å². The molecule has 0 atom stereocenters. The summed E-state index contributed by atoms with van der Waals surface area (Å²) in [5.41, 5.74) is 0.801. The van der Waals surface area contributed by atoms with E-state index in [0.717, 1.165) is 25.7 Å². The molecule has 0 spiro atoms. The van der Waals surface area contributed by atoms with E-state index >= 15 is 0 Å².